The summed E-state index contributed by atoms with van der Waals surface area (Å²) in [4.78, 5) is 12.8. The van der Waals surface area contributed by atoms with E-state index in [4.69, 9.17) is 5.73 Å². The summed E-state index contributed by atoms with van der Waals surface area (Å²) in [6, 6.07) is 10.2. The van der Waals surface area contributed by atoms with Crippen molar-refractivity contribution in [1.29, 1.82) is 0 Å². The molecule has 2 aromatic carbocycles. The topological polar surface area (TPSA) is 52.3 Å². The number of aryl methyl sites for hydroxylation is 1. The molecule has 3 nitrogen and oxygen atoms in total. The van der Waals surface area contributed by atoms with Crippen LogP contribution in [0.3, 0.4) is 0 Å². The molecule has 0 saturated heterocycles. The van der Waals surface area contributed by atoms with E-state index in [1.807, 2.05) is 31.2 Å². The number of ether oxygens (including phenoxy) is 1. The number of carbonyl (C=O) groups excluding carboxylic acids is 1. The van der Waals surface area contributed by atoms with E-state index in [-0.39, 0.29) is 11.3 Å². The van der Waals surface area contributed by atoms with Gasteiger partial charge >= 0.3 is 5.97 Å². The molecule has 2 N–H and O–H groups in total. The first kappa shape index (κ1) is 14.4. The second kappa shape index (κ2) is 5.96. The molecule has 2 aromatic rings. The van der Waals surface area contributed by atoms with Crippen LogP contribution >= 0.6 is 11.8 Å². The predicted molar refractivity (Wildman–Crippen MR) is 77.5 cm³/mol. The van der Waals surface area contributed by atoms with Gasteiger partial charge in [-0.2, -0.15) is 0 Å². The smallest absolute Gasteiger partial charge is 0.339 e. The zero-order chi connectivity index (χ0) is 14.7. The van der Waals surface area contributed by atoms with Crippen LogP contribution in [-0.2, 0) is 4.74 Å². The minimum atomic E-state index is -0.576. The van der Waals surface area contributed by atoms with E-state index in [9.17, 15) is 9.18 Å². The Morgan fingerprint density at radius 2 is 1.90 bits per heavy atom. The van der Waals surface area contributed by atoms with Crippen LogP contribution in [0, 0.1) is 12.7 Å². The van der Waals surface area contributed by atoms with Gasteiger partial charge in [0, 0.05) is 15.5 Å². The Bertz CT molecular complexity index is 641. The Kier molecular flexibility index (Phi) is 4.29. The molecule has 0 atom stereocenters. The number of rotatable bonds is 3. The number of hydrogen-bond donors (Lipinski definition) is 1. The standard InChI is InChI=1S/C15H14FNO2S/c1-9-3-5-10(6-4-9)20-14-7-11(15(18)19-2)13(17)8-12(14)16/h3-8H,17H2,1-2H3. The van der Waals surface area contributed by atoms with Crippen molar-refractivity contribution < 1.29 is 13.9 Å². The monoisotopic (exact) mass is 291 g/mol. The maximum Gasteiger partial charge on any atom is 0.339 e. The minimum Gasteiger partial charge on any atom is -0.465 e. The van der Waals surface area contributed by atoms with Crippen LogP contribution in [0.15, 0.2) is 46.2 Å². The molecular formula is C15H14FNO2S. The third kappa shape index (κ3) is 3.11. The molecule has 0 aromatic heterocycles. The first-order chi connectivity index (χ1) is 9.51. The number of nitrogens with two attached hydrogens (primary N) is 1. The molecule has 0 aliphatic rings. The van der Waals surface area contributed by atoms with Crippen LogP contribution < -0.4 is 5.73 Å². The first-order valence-electron chi connectivity index (χ1n) is 5.93. The molecule has 0 aliphatic heterocycles. The van der Waals surface area contributed by atoms with Crippen LogP contribution in [0.2, 0.25) is 0 Å². The third-order valence-corrected chi connectivity index (χ3v) is 3.80. The van der Waals surface area contributed by atoms with Crippen molar-refractivity contribution in [3.8, 4) is 0 Å². The van der Waals surface area contributed by atoms with Gasteiger partial charge in [-0.3, -0.25) is 0 Å². The van der Waals surface area contributed by atoms with Crippen molar-refractivity contribution in [3.63, 3.8) is 0 Å². The van der Waals surface area contributed by atoms with Crippen LogP contribution in [0.5, 0.6) is 0 Å². The summed E-state index contributed by atoms with van der Waals surface area (Å²) in [6.45, 7) is 1.98. The lowest BCUT2D eigenvalue weighted by Crippen LogP contribution is -2.06. The SMILES string of the molecule is COC(=O)c1cc(Sc2ccc(C)cc2)c(F)cc1N. The lowest BCUT2D eigenvalue weighted by atomic mass is 10.2. The number of hydrogen-bond acceptors (Lipinski definition) is 4. The van der Waals surface area contributed by atoms with Crippen molar-refractivity contribution in [2.24, 2.45) is 0 Å². The summed E-state index contributed by atoms with van der Waals surface area (Å²) in [5, 5.41) is 0. The van der Waals surface area contributed by atoms with Gasteiger partial charge in [0.1, 0.15) is 5.82 Å². The van der Waals surface area contributed by atoms with Crippen LogP contribution in [0.1, 0.15) is 15.9 Å². The number of esters is 1. The molecule has 0 heterocycles. The Balaban J connectivity index is 2.36. The van der Waals surface area contributed by atoms with Crippen molar-refractivity contribution in [1.82, 2.24) is 0 Å². The molecule has 0 amide bonds. The fraction of sp³-hybridized carbons (Fsp3) is 0.133. The van der Waals surface area contributed by atoms with E-state index in [2.05, 4.69) is 4.74 Å². The Morgan fingerprint density at radius 3 is 2.50 bits per heavy atom. The fourth-order valence-electron chi connectivity index (χ4n) is 1.67. The zero-order valence-corrected chi connectivity index (χ0v) is 12.0. The number of carbonyl (C=O) groups is 1. The van der Waals surface area contributed by atoms with Gasteiger partial charge in [-0.25, -0.2) is 9.18 Å². The van der Waals surface area contributed by atoms with Gasteiger partial charge in [-0.15, -0.1) is 0 Å². The highest BCUT2D eigenvalue weighted by atomic mass is 32.2. The van der Waals surface area contributed by atoms with Crippen LogP contribution in [0.25, 0.3) is 0 Å². The number of benzene rings is 2. The molecule has 0 radical (unpaired) electrons. The highest BCUT2D eigenvalue weighted by Gasteiger charge is 2.15. The third-order valence-electron chi connectivity index (χ3n) is 2.76. The van der Waals surface area contributed by atoms with Crippen LogP contribution in [-0.4, -0.2) is 13.1 Å². The predicted octanol–water partition coefficient (Wildman–Crippen LogP) is 3.65. The summed E-state index contributed by atoms with van der Waals surface area (Å²) in [5.41, 5.74) is 7.00. The number of nitrogen functional groups attached to an aromatic ring is 1. The minimum absolute atomic E-state index is 0.0719. The number of halogens is 1. The Morgan fingerprint density at radius 1 is 1.25 bits per heavy atom. The molecule has 104 valence electrons. The van der Waals surface area contributed by atoms with Gasteiger partial charge in [0.05, 0.1) is 12.7 Å². The summed E-state index contributed by atoms with van der Waals surface area (Å²) in [5.74, 6) is -1.03. The van der Waals surface area contributed by atoms with E-state index < -0.39 is 11.8 Å². The fourth-order valence-corrected chi connectivity index (χ4v) is 2.53. The van der Waals surface area contributed by atoms with Crippen LogP contribution in [0.4, 0.5) is 10.1 Å². The van der Waals surface area contributed by atoms with Gasteiger partial charge in [-0.05, 0) is 31.2 Å². The molecule has 0 aliphatic carbocycles. The molecule has 0 spiro atoms. The van der Waals surface area contributed by atoms with Gasteiger partial charge in [-0.1, -0.05) is 29.5 Å². The lowest BCUT2D eigenvalue weighted by molar-refractivity contribution is 0.0601. The zero-order valence-electron chi connectivity index (χ0n) is 11.1. The molecule has 0 unspecified atom stereocenters. The van der Waals surface area contributed by atoms with E-state index >= 15 is 0 Å². The summed E-state index contributed by atoms with van der Waals surface area (Å²) in [7, 11) is 1.26. The summed E-state index contributed by atoms with van der Waals surface area (Å²) < 4.78 is 18.5. The molecule has 0 fully saturated rings. The number of anilines is 1. The second-order valence-corrected chi connectivity index (χ2v) is 5.39. The van der Waals surface area contributed by atoms with Gasteiger partial charge in [0.2, 0.25) is 0 Å². The maximum atomic E-state index is 13.9. The summed E-state index contributed by atoms with van der Waals surface area (Å²) in [6.07, 6.45) is 0. The quantitative estimate of drug-likeness (QED) is 0.692. The summed E-state index contributed by atoms with van der Waals surface area (Å²) >= 11 is 1.24. The lowest BCUT2D eigenvalue weighted by Gasteiger charge is -2.08. The van der Waals surface area contributed by atoms with Crippen molar-refractivity contribution in [3.05, 3.63) is 53.3 Å². The van der Waals surface area contributed by atoms with Crippen molar-refractivity contribution in [2.45, 2.75) is 16.7 Å². The van der Waals surface area contributed by atoms with Gasteiger partial charge in [0.25, 0.3) is 0 Å². The molecular weight excluding hydrogens is 277 g/mol. The van der Waals surface area contributed by atoms with Gasteiger partial charge < -0.3 is 10.5 Å². The van der Waals surface area contributed by atoms with E-state index in [0.29, 0.717) is 4.90 Å². The Labute approximate surface area is 120 Å². The average Bonchev–Trinajstić information content (AvgIpc) is 2.43. The second-order valence-electron chi connectivity index (χ2n) is 4.28. The molecule has 0 saturated carbocycles. The molecule has 2 rings (SSSR count). The number of methoxy groups -OCH3 is 1. The largest absolute Gasteiger partial charge is 0.465 e. The van der Waals surface area contributed by atoms with Gasteiger partial charge in [0.15, 0.2) is 0 Å². The highest BCUT2D eigenvalue weighted by Crippen LogP contribution is 2.32. The van der Waals surface area contributed by atoms with Crippen molar-refractivity contribution in [2.75, 3.05) is 12.8 Å². The van der Waals surface area contributed by atoms with E-state index in [1.54, 1.807) is 0 Å². The molecule has 0 bridgehead atoms. The molecule has 20 heavy (non-hydrogen) atoms. The normalized spacial score (nSPS) is 10.3. The first-order valence-corrected chi connectivity index (χ1v) is 6.74. The van der Waals surface area contributed by atoms with E-state index in [1.165, 1.54) is 24.9 Å². The van der Waals surface area contributed by atoms with E-state index in [0.717, 1.165) is 16.5 Å². The Hall–Kier alpha value is -2.01. The maximum absolute atomic E-state index is 13.9. The highest BCUT2D eigenvalue weighted by molar-refractivity contribution is 7.99. The van der Waals surface area contributed by atoms with Crippen molar-refractivity contribution >= 4 is 23.4 Å². The average molecular weight is 291 g/mol. The molecule has 5 heteroatoms.